The van der Waals surface area contributed by atoms with Gasteiger partial charge in [-0.3, -0.25) is 0 Å². The Hall–Kier alpha value is -2.01. The molecule has 0 saturated heterocycles. The highest BCUT2D eigenvalue weighted by Crippen LogP contribution is 2.30. The number of hydrogen-bond acceptors (Lipinski definition) is 4. The van der Waals surface area contributed by atoms with Crippen molar-refractivity contribution in [3.05, 3.63) is 59.7 Å². The molecule has 0 radical (unpaired) electrons. The van der Waals surface area contributed by atoms with Crippen LogP contribution in [0.25, 0.3) is 0 Å². The molecule has 1 N–H and O–H groups in total. The third kappa shape index (κ3) is 5.28. The van der Waals surface area contributed by atoms with Gasteiger partial charge in [-0.1, -0.05) is 38.1 Å². The first-order chi connectivity index (χ1) is 10.7. The average Bonchev–Trinajstić information content (AvgIpc) is 2.46. The van der Waals surface area contributed by atoms with E-state index in [1.807, 2.05) is 24.3 Å². The van der Waals surface area contributed by atoms with E-state index in [1.54, 1.807) is 24.3 Å². The van der Waals surface area contributed by atoms with Gasteiger partial charge in [-0.2, -0.15) is 8.42 Å². The van der Waals surface area contributed by atoms with Crippen molar-refractivity contribution >= 4 is 10.1 Å². The summed E-state index contributed by atoms with van der Waals surface area (Å²) in [5, 5.41) is 9.35. The smallest absolute Gasteiger partial charge is 0.306 e. The number of phenolic OH excluding ortho intramolecular Hbond substituents is 1. The molecular formula is C18H22O4S. The maximum Gasteiger partial charge on any atom is 0.306 e. The second-order valence-electron chi connectivity index (χ2n) is 5.99. The molecule has 0 bridgehead atoms. The lowest BCUT2D eigenvalue weighted by Gasteiger charge is -2.18. The average molecular weight is 334 g/mol. The Morgan fingerprint density at radius 1 is 0.913 bits per heavy atom. The number of phenols is 1. The molecule has 0 saturated carbocycles. The maximum atomic E-state index is 11.1. The normalized spacial score (nSPS) is 14.2. The van der Waals surface area contributed by atoms with Crippen LogP contribution >= 0.6 is 0 Å². The topological polar surface area (TPSA) is 63.6 Å². The third-order valence-corrected chi connectivity index (χ3v) is 4.36. The largest absolute Gasteiger partial charge is 0.508 e. The summed E-state index contributed by atoms with van der Waals surface area (Å²) in [7, 11) is -3.49. The standard InChI is InChI=1S/C18H22O4S/c1-13(15-4-8-17(19)9-5-15)12-14(2)16-6-10-18(11-7-16)22-23(3,20)21/h4-11,13-14,19H,12H2,1-3H3. The first-order valence-electron chi connectivity index (χ1n) is 7.53. The fraction of sp³-hybridized carbons (Fsp3) is 0.333. The van der Waals surface area contributed by atoms with Crippen molar-refractivity contribution in [3.63, 3.8) is 0 Å². The van der Waals surface area contributed by atoms with Crippen molar-refractivity contribution in [2.24, 2.45) is 0 Å². The van der Waals surface area contributed by atoms with Crippen LogP contribution in [0.15, 0.2) is 48.5 Å². The van der Waals surface area contributed by atoms with Gasteiger partial charge in [0.1, 0.15) is 11.5 Å². The van der Waals surface area contributed by atoms with Crippen molar-refractivity contribution in [1.82, 2.24) is 0 Å². The Morgan fingerprint density at radius 2 is 1.35 bits per heavy atom. The van der Waals surface area contributed by atoms with Crippen LogP contribution in [0.2, 0.25) is 0 Å². The number of rotatable bonds is 6. The Morgan fingerprint density at radius 3 is 1.78 bits per heavy atom. The summed E-state index contributed by atoms with van der Waals surface area (Å²) in [6, 6.07) is 14.4. The molecule has 0 spiro atoms. The molecule has 5 heteroatoms. The molecule has 0 aliphatic heterocycles. The van der Waals surface area contributed by atoms with Crippen molar-refractivity contribution in [1.29, 1.82) is 0 Å². The molecule has 4 nitrogen and oxygen atoms in total. The molecule has 124 valence electrons. The summed E-state index contributed by atoms with van der Waals surface area (Å²) >= 11 is 0. The number of benzene rings is 2. The monoisotopic (exact) mass is 334 g/mol. The van der Waals surface area contributed by atoms with Crippen LogP contribution in [0, 0.1) is 0 Å². The minimum atomic E-state index is -3.49. The highest BCUT2D eigenvalue weighted by atomic mass is 32.2. The van der Waals surface area contributed by atoms with Crippen molar-refractivity contribution in [2.45, 2.75) is 32.1 Å². The Bertz CT molecular complexity index is 734. The molecule has 0 aliphatic carbocycles. The quantitative estimate of drug-likeness (QED) is 0.810. The van der Waals surface area contributed by atoms with Crippen LogP contribution in [0.3, 0.4) is 0 Å². The summed E-state index contributed by atoms with van der Waals surface area (Å²) in [5.74, 6) is 1.29. The van der Waals surface area contributed by atoms with Gasteiger partial charge in [0.25, 0.3) is 0 Å². The van der Waals surface area contributed by atoms with Gasteiger partial charge in [-0.25, -0.2) is 0 Å². The van der Waals surface area contributed by atoms with E-state index in [0.717, 1.165) is 18.2 Å². The number of aromatic hydroxyl groups is 1. The summed E-state index contributed by atoms with van der Waals surface area (Å²) in [6.07, 6.45) is 1.99. The molecule has 2 atom stereocenters. The molecule has 0 fully saturated rings. The van der Waals surface area contributed by atoms with Crippen LogP contribution < -0.4 is 4.18 Å². The van der Waals surface area contributed by atoms with Crippen molar-refractivity contribution in [3.8, 4) is 11.5 Å². The molecular weight excluding hydrogens is 312 g/mol. The van der Waals surface area contributed by atoms with E-state index >= 15 is 0 Å². The molecule has 0 amide bonds. The van der Waals surface area contributed by atoms with Gasteiger partial charge in [0.2, 0.25) is 0 Å². The van der Waals surface area contributed by atoms with E-state index in [1.165, 1.54) is 5.56 Å². The van der Waals surface area contributed by atoms with Gasteiger partial charge in [-0.15, -0.1) is 0 Å². The lowest BCUT2D eigenvalue weighted by molar-refractivity contribution is 0.474. The Labute approximate surface area is 137 Å². The van der Waals surface area contributed by atoms with Crippen molar-refractivity contribution in [2.75, 3.05) is 6.26 Å². The molecule has 2 unspecified atom stereocenters. The van der Waals surface area contributed by atoms with Crippen LogP contribution in [-0.2, 0) is 10.1 Å². The first kappa shape index (κ1) is 17.3. The SMILES string of the molecule is CC(CC(C)c1ccc(OS(C)(=O)=O)cc1)c1ccc(O)cc1. The fourth-order valence-electron chi connectivity index (χ4n) is 2.63. The predicted molar refractivity (Wildman–Crippen MR) is 91.5 cm³/mol. The van der Waals surface area contributed by atoms with Gasteiger partial charge in [0.15, 0.2) is 0 Å². The predicted octanol–water partition coefficient (Wildman–Crippen LogP) is 4.03. The summed E-state index contributed by atoms with van der Waals surface area (Å²) in [5.41, 5.74) is 2.32. The van der Waals surface area contributed by atoms with Crippen LogP contribution in [0.1, 0.15) is 43.2 Å². The minimum absolute atomic E-state index is 0.274. The van der Waals surface area contributed by atoms with Gasteiger partial charge in [-0.05, 0) is 53.6 Å². The lowest BCUT2D eigenvalue weighted by Crippen LogP contribution is -2.06. The second-order valence-corrected chi connectivity index (χ2v) is 7.56. The summed E-state index contributed by atoms with van der Waals surface area (Å²) in [6.45, 7) is 4.30. The Balaban J connectivity index is 2.02. The second kappa shape index (κ2) is 7.04. The van der Waals surface area contributed by atoms with Gasteiger partial charge >= 0.3 is 10.1 Å². The summed E-state index contributed by atoms with van der Waals surface area (Å²) in [4.78, 5) is 0. The third-order valence-electron chi connectivity index (χ3n) is 3.87. The van der Waals surface area contributed by atoms with Crippen LogP contribution in [0.5, 0.6) is 11.5 Å². The fourth-order valence-corrected chi connectivity index (χ4v) is 3.09. The molecule has 2 aromatic carbocycles. The summed E-state index contributed by atoms with van der Waals surface area (Å²) < 4.78 is 27.1. The zero-order chi connectivity index (χ0) is 17.0. The molecule has 0 aliphatic rings. The van der Waals surface area contributed by atoms with Gasteiger partial charge in [0, 0.05) is 0 Å². The van der Waals surface area contributed by atoms with Crippen LogP contribution in [0.4, 0.5) is 0 Å². The van der Waals surface area contributed by atoms with E-state index in [0.29, 0.717) is 17.6 Å². The molecule has 0 aromatic heterocycles. The lowest BCUT2D eigenvalue weighted by atomic mass is 9.87. The van der Waals surface area contributed by atoms with Gasteiger partial charge in [0.05, 0.1) is 6.26 Å². The zero-order valence-electron chi connectivity index (χ0n) is 13.6. The molecule has 0 heterocycles. The number of hydrogen-bond donors (Lipinski definition) is 1. The van der Waals surface area contributed by atoms with E-state index in [2.05, 4.69) is 13.8 Å². The molecule has 2 aromatic rings. The first-order valence-corrected chi connectivity index (χ1v) is 9.34. The van der Waals surface area contributed by atoms with Gasteiger partial charge < -0.3 is 9.29 Å². The zero-order valence-corrected chi connectivity index (χ0v) is 14.4. The minimum Gasteiger partial charge on any atom is -0.508 e. The highest BCUT2D eigenvalue weighted by molar-refractivity contribution is 7.86. The Kier molecular flexibility index (Phi) is 5.31. The molecule has 2 rings (SSSR count). The van der Waals surface area contributed by atoms with E-state index in [9.17, 15) is 13.5 Å². The maximum absolute atomic E-state index is 11.1. The van der Waals surface area contributed by atoms with Crippen LogP contribution in [-0.4, -0.2) is 19.8 Å². The van der Waals surface area contributed by atoms with E-state index in [-0.39, 0.29) is 5.75 Å². The molecule has 23 heavy (non-hydrogen) atoms. The van der Waals surface area contributed by atoms with E-state index in [4.69, 9.17) is 4.18 Å². The van der Waals surface area contributed by atoms with E-state index < -0.39 is 10.1 Å². The van der Waals surface area contributed by atoms with Crippen molar-refractivity contribution < 1.29 is 17.7 Å². The highest BCUT2D eigenvalue weighted by Gasteiger charge is 2.13.